The molecule has 1 aliphatic heterocycles. The van der Waals surface area contributed by atoms with Crippen LogP contribution in [0.4, 0.5) is 0 Å². The summed E-state index contributed by atoms with van der Waals surface area (Å²) in [5.74, 6) is -0.175. The fourth-order valence-corrected chi connectivity index (χ4v) is 10.6. The summed E-state index contributed by atoms with van der Waals surface area (Å²) in [7, 11) is 0. The number of aliphatic hydroxyl groups excluding tert-OH is 5. The lowest BCUT2D eigenvalue weighted by molar-refractivity contribution is -0.302. The molecule has 1 heterocycles. The first-order valence-corrected chi connectivity index (χ1v) is 33.5. The molecule has 1 fully saturated rings. The van der Waals surface area contributed by atoms with E-state index in [0.717, 1.165) is 64.2 Å². The van der Waals surface area contributed by atoms with Crippen molar-refractivity contribution in [3.8, 4) is 0 Å². The van der Waals surface area contributed by atoms with Crippen molar-refractivity contribution < 1.29 is 39.8 Å². The number of nitrogens with one attached hydrogen (secondary N) is 1. The van der Waals surface area contributed by atoms with E-state index in [-0.39, 0.29) is 12.5 Å². The minimum absolute atomic E-state index is 0.175. The van der Waals surface area contributed by atoms with Gasteiger partial charge in [-0.15, -0.1) is 0 Å². The molecule has 78 heavy (non-hydrogen) atoms. The highest BCUT2D eigenvalue weighted by molar-refractivity contribution is 5.76. The zero-order valence-electron chi connectivity index (χ0n) is 50.9. The van der Waals surface area contributed by atoms with Crippen molar-refractivity contribution in [2.75, 3.05) is 13.2 Å². The third-order valence-electron chi connectivity index (χ3n) is 15.8. The molecular weight excluding hydrogens is 971 g/mol. The van der Waals surface area contributed by atoms with Crippen LogP contribution in [0.5, 0.6) is 0 Å². The average Bonchev–Trinajstić information content (AvgIpc) is 3.45. The molecule has 6 N–H and O–H groups in total. The third-order valence-corrected chi connectivity index (χ3v) is 15.8. The molecule has 1 rings (SSSR count). The van der Waals surface area contributed by atoms with Crippen molar-refractivity contribution in [3.63, 3.8) is 0 Å². The van der Waals surface area contributed by atoms with Gasteiger partial charge in [0.2, 0.25) is 5.91 Å². The predicted octanol–water partition coefficient (Wildman–Crippen LogP) is 17.8. The number of hydrogen-bond acceptors (Lipinski definition) is 8. The topological polar surface area (TPSA) is 149 Å². The molecule has 456 valence electrons. The molecule has 0 radical (unpaired) electrons. The number of ether oxygens (including phenoxy) is 2. The van der Waals surface area contributed by atoms with Crippen LogP contribution in [-0.2, 0) is 14.3 Å². The monoisotopic (exact) mass is 1100 g/mol. The highest BCUT2D eigenvalue weighted by Gasteiger charge is 2.44. The average molecular weight is 1100 g/mol. The van der Waals surface area contributed by atoms with Crippen LogP contribution in [0.15, 0.2) is 60.8 Å². The van der Waals surface area contributed by atoms with Gasteiger partial charge in [0.25, 0.3) is 0 Å². The molecule has 0 aromatic heterocycles. The van der Waals surface area contributed by atoms with Gasteiger partial charge in [-0.25, -0.2) is 0 Å². The first kappa shape index (κ1) is 73.9. The van der Waals surface area contributed by atoms with Crippen molar-refractivity contribution in [3.05, 3.63) is 60.8 Å². The van der Waals surface area contributed by atoms with Gasteiger partial charge < -0.3 is 40.3 Å². The zero-order valence-corrected chi connectivity index (χ0v) is 50.9. The van der Waals surface area contributed by atoms with Crippen molar-refractivity contribution in [2.24, 2.45) is 0 Å². The molecule has 7 atom stereocenters. The Hall–Kier alpha value is -2.11. The Bertz CT molecular complexity index is 1410. The lowest BCUT2D eigenvalue weighted by Crippen LogP contribution is -2.60. The molecule has 1 amide bonds. The van der Waals surface area contributed by atoms with E-state index in [0.29, 0.717) is 6.42 Å². The molecular formula is C69H127NO8. The van der Waals surface area contributed by atoms with Gasteiger partial charge in [0.05, 0.1) is 25.4 Å². The summed E-state index contributed by atoms with van der Waals surface area (Å²) in [5.41, 5.74) is 0. The summed E-state index contributed by atoms with van der Waals surface area (Å²) in [6, 6.07) is -0.809. The van der Waals surface area contributed by atoms with E-state index >= 15 is 0 Å². The summed E-state index contributed by atoms with van der Waals surface area (Å²) in [6.45, 7) is 3.71. The van der Waals surface area contributed by atoms with Crippen molar-refractivity contribution in [1.29, 1.82) is 0 Å². The van der Waals surface area contributed by atoms with Crippen molar-refractivity contribution >= 4 is 5.91 Å². The maximum Gasteiger partial charge on any atom is 0.220 e. The smallest absolute Gasteiger partial charge is 0.220 e. The predicted molar refractivity (Wildman–Crippen MR) is 332 cm³/mol. The zero-order chi connectivity index (χ0) is 56.5. The normalized spacial score (nSPS) is 19.0. The van der Waals surface area contributed by atoms with Gasteiger partial charge in [-0.2, -0.15) is 0 Å². The molecule has 0 bridgehead atoms. The number of allylic oxidation sites excluding steroid dienone is 9. The van der Waals surface area contributed by atoms with Crippen LogP contribution in [0.1, 0.15) is 316 Å². The fourth-order valence-electron chi connectivity index (χ4n) is 10.6. The van der Waals surface area contributed by atoms with E-state index in [4.69, 9.17) is 9.47 Å². The van der Waals surface area contributed by atoms with Gasteiger partial charge in [-0.3, -0.25) is 4.79 Å². The summed E-state index contributed by atoms with van der Waals surface area (Å²) in [6.07, 6.45) is 73.1. The SMILES string of the molecule is CC/C=C\C/C=C\C/C=C\C/C=C\CCCCCCCCCCCCCCCCC(=O)NC(COC1OC(CO)C(O)C(O)C1O)C(O)/C=C/CCCCCCCCCCCCCCCCCCCCCCCCCCCC. The van der Waals surface area contributed by atoms with Gasteiger partial charge in [0.15, 0.2) is 6.29 Å². The Morgan fingerprint density at radius 1 is 0.449 bits per heavy atom. The van der Waals surface area contributed by atoms with E-state index in [1.165, 1.54) is 231 Å². The molecule has 0 aromatic carbocycles. The first-order valence-electron chi connectivity index (χ1n) is 33.5. The highest BCUT2D eigenvalue weighted by atomic mass is 16.7. The van der Waals surface area contributed by atoms with Crippen LogP contribution in [-0.4, -0.2) is 87.5 Å². The van der Waals surface area contributed by atoms with Crippen LogP contribution in [0.2, 0.25) is 0 Å². The number of amides is 1. The second-order valence-corrected chi connectivity index (χ2v) is 23.2. The van der Waals surface area contributed by atoms with E-state index in [1.54, 1.807) is 6.08 Å². The maximum atomic E-state index is 13.1. The maximum absolute atomic E-state index is 13.1. The van der Waals surface area contributed by atoms with Crippen LogP contribution < -0.4 is 5.32 Å². The fraction of sp³-hybridized carbons (Fsp3) is 0.841. The summed E-state index contributed by atoms with van der Waals surface area (Å²) < 4.78 is 11.3. The summed E-state index contributed by atoms with van der Waals surface area (Å²) in [5, 5.41) is 54.7. The molecule has 9 nitrogen and oxygen atoms in total. The molecule has 1 aliphatic rings. The Kier molecular flexibility index (Phi) is 55.0. The third kappa shape index (κ3) is 46.5. The first-order chi connectivity index (χ1) is 38.3. The van der Waals surface area contributed by atoms with E-state index in [1.807, 2.05) is 6.08 Å². The van der Waals surface area contributed by atoms with E-state index in [9.17, 15) is 30.3 Å². The summed E-state index contributed by atoms with van der Waals surface area (Å²) >= 11 is 0. The van der Waals surface area contributed by atoms with Crippen LogP contribution >= 0.6 is 0 Å². The van der Waals surface area contributed by atoms with E-state index < -0.39 is 49.5 Å². The van der Waals surface area contributed by atoms with E-state index in [2.05, 4.69) is 67.8 Å². The lowest BCUT2D eigenvalue weighted by atomic mass is 9.99. The lowest BCUT2D eigenvalue weighted by Gasteiger charge is -2.40. The number of carbonyl (C=O) groups excluding carboxylic acids is 1. The van der Waals surface area contributed by atoms with Gasteiger partial charge in [0.1, 0.15) is 24.4 Å². The van der Waals surface area contributed by atoms with Gasteiger partial charge in [-0.05, 0) is 57.8 Å². The number of rotatable bonds is 58. The van der Waals surface area contributed by atoms with Gasteiger partial charge >= 0.3 is 0 Å². The Balaban J connectivity index is 2.15. The number of carbonyl (C=O) groups is 1. The van der Waals surface area contributed by atoms with Crippen LogP contribution in [0.3, 0.4) is 0 Å². The minimum atomic E-state index is -1.57. The quantitative estimate of drug-likeness (QED) is 0.0261. The highest BCUT2D eigenvalue weighted by Crippen LogP contribution is 2.23. The second-order valence-electron chi connectivity index (χ2n) is 23.2. The van der Waals surface area contributed by atoms with Crippen LogP contribution in [0.25, 0.3) is 0 Å². The molecule has 1 saturated heterocycles. The minimum Gasteiger partial charge on any atom is -0.394 e. The molecule has 0 aromatic rings. The largest absolute Gasteiger partial charge is 0.394 e. The Labute approximate surface area is 481 Å². The van der Waals surface area contributed by atoms with Crippen LogP contribution in [0, 0.1) is 0 Å². The second kappa shape index (κ2) is 58.1. The molecule has 7 unspecified atom stereocenters. The van der Waals surface area contributed by atoms with Crippen molar-refractivity contribution in [2.45, 2.75) is 358 Å². The standard InChI is InChI=1S/C69H127NO8/c1-3-5-7-9-11-13-15-17-19-21-23-25-27-29-31-33-34-36-38-40-42-44-46-48-50-52-54-56-58-63(72)62(61-77-69-68(76)67(75)66(74)64(60-71)78-69)70-65(73)59-57-55-53-51-49-47-45-43-41-39-37-35-32-30-28-26-24-22-20-18-16-14-12-10-8-6-4-2/h6,8,12,14,18,20,24,26,56,58,62-64,66-69,71-72,74-76H,3-5,7,9-11,13,15-17,19,21-23,25,27-55,57,59-61H2,1-2H3,(H,70,73)/b8-6-,14-12-,20-18-,26-24-,58-56+. The Morgan fingerprint density at radius 2 is 0.795 bits per heavy atom. The molecule has 0 aliphatic carbocycles. The number of hydrogen-bond donors (Lipinski definition) is 6. The van der Waals surface area contributed by atoms with Gasteiger partial charge in [0, 0.05) is 6.42 Å². The molecule has 0 spiro atoms. The number of unbranched alkanes of at least 4 members (excludes halogenated alkanes) is 40. The Morgan fingerprint density at radius 3 is 1.18 bits per heavy atom. The molecule has 9 heteroatoms. The van der Waals surface area contributed by atoms with Gasteiger partial charge in [-0.1, -0.05) is 312 Å². The van der Waals surface area contributed by atoms with Crippen molar-refractivity contribution in [1.82, 2.24) is 5.32 Å². The number of aliphatic hydroxyl groups is 5. The summed E-state index contributed by atoms with van der Waals surface area (Å²) in [4.78, 5) is 13.1. The molecule has 0 saturated carbocycles.